The van der Waals surface area contributed by atoms with Gasteiger partial charge in [0.15, 0.2) is 0 Å². The standard InChI is InChI=1S/C11H11NOS/c1-8(12-7-13)11-6-9-4-2-3-5-10(9)14-11/h2-8H,1H3,(H,12,13). The fourth-order valence-electron chi connectivity index (χ4n) is 1.40. The third-order valence-corrected chi connectivity index (χ3v) is 3.49. The van der Waals surface area contributed by atoms with Crippen molar-refractivity contribution >= 4 is 27.8 Å². The molecule has 14 heavy (non-hydrogen) atoms. The maximum absolute atomic E-state index is 10.3. The predicted molar refractivity (Wildman–Crippen MR) is 59.4 cm³/mol. The number of amides is 1. The second kappa shape index (κ2) is 3.80. The Morgan fingerprint density at radius 3 is 2.93 bits per heavy atom. The van der Waals surface area contributed by atoms with E-state index in [2.05, 4.69) is 23.5 Å². The van der Waals surface area contributed by atoms with Crippen molar-refractivity contribution in [3.63, 3.8) is 0 Å². The van der Waals surface area contributed by atoms with Gasteiger partial charge in [-0.05, 0) is 24.4 Å². The molecule has 0 saturated heterocycles. The summed E-state index contributed by atoms with van der Waals surface area (Å²) < 4.78 is 1.27. The Morgan fingerprint density at radius 2 is 2.21 bits per heavy atom. The summed E-state index contributed by atoms with van der Waals surface area (Å²) in [5, 5.41) is 4.00. The molecule has 3 heteroatoms. The maximum atomic E-state index is 10.3. The number of carbonyl (C=O) groups excluding carboxylic acids is 1. The zero-order chi connectivity index (χ0) is 9.97. The predicted octanol–water partition coefficient (Wildman–Crippen LogP) is 2.71. The first-order valence-electron chi connectivity index (χ1n) is 4.49. The molecule has 0 aliphatic carbocycles. The molecule has 0 saturated carbocycles. The molecule has 2 rings (SSSR count). The largest absolute Gasteiger partial charge is 0.351 e. The van der Waals surface area contributed by atoms with Gasteiger partial charge in [0.25, 0.3) is 0 Å². The molecule has 1 aromatic carbocycles. The van der Waals surface area contributed by atoms with E-state index in [1.165, 1.54) is 15.0 Å². The highest BCUT2D eigenvalue weighted by Crippen LogP contribution is 2.29. The molecule has 1 unspecified atom stereocenters. The summed E-state index contributed by atoms with van der Waals surface area (Å²) in [6.07, 6.45) is 0.745. The lowest BCUT2D eigenvalue weighted by molar-refractivity contribution is -0.110. The minimum atomic E-state index is 0.102. The van der Waals surface area contributed by atoms with E-state index in [0.29, 0.717) is 0 Å². The number of thiophene rings is 1. The summed E-state index contributed by atoms with van der Waals surface area (Å²) in [4.78, 5) is 11.5. The highest BCUT2D eigenvalue weighted by atomic mass is 32.1. The number of benzene rings is 1. The van der Waals surface area contributed by atoms with Crippen LogP contribution in [0.15, 0.2) is 30.3 Å². The number of rotatable bonds is 3. The Kier molecular flexibility index (Phi) is 2.50. The smallest absolute Gasteiger partial charge is 0.207 e. The number of nitrogens with one attached hydrogen (secondary N) is 1. The average Bonchev–Trinajstić information content (AvgIpc) is 2.61. The van der Waals surface area contributed by atoms with Crippen molar-refractivity contribution in [2.75, 3.05) is 0 Å². The molecule has 0 aliphatic heterocycles. The highest BCUT2D eigenvalue weighted by molar-refractivity contribution is 7.19. The van der Waals surface area contributed by atoms with Crippen LogP contribution >= 0.6 is 11.3 Å². The zero-order valence-corrected chi connectivity index (χ0v) is 8.67. The summed E-state index contributed by atoms with van der Waals surface area (Å²) in [7, 11) is 0. The zero-order valence-electron chi connectivity index (χ0n) is 7.86. The third-order valence-electron chi connectivity index (χ3n) is 2.19. The van der Waals surface area contributed by atoms with Gasteiger partial charge in [-0.1, -0.05) is 18.2 Å². The Hall–Kier alpha value is -1.35. The van der Waals surface area contributed by atoms with Gasteiger partial charge >= 0.3 is 0 Å². The molecule has 1 atom stereocenters. The fourth-order valence-corrected chi connectivity index (χ4v) is 2.48. The molecule has 0 spiro atoms. The van der Waals surface area contributed by atoms with Crippen LogP contribution in [0.25, 0.3) is 10.1 Å². The average molecular weight is 205 g/mol. The van der Waals surface area contributed by atoms with Crippen LogP contribution in [0.5, 0.6) is 0 Å². The lowest BCUT2D eigenvalue weighted by atomic mass is 10.2. The summed E-state index contributed by atoms with van der Waals surface area (Å²) >= 11 is 1.72. The van der Waals surface area contributed by atoms with Crippen LogP contribution in [-0.4, -0.2) is 6.41 Å². The Labute approximate surface area is 86.6 Å². The fraction of sp³-hybridized carbons (Fsp3) is 0.182. The van der Waals surface area contributed by atoms with Gasteiger partial charge in [0.2, 0.25) is 6.41 Å². The lowest BCUT2D eigenvalue weighted by Gasteiger charge is -2.05. The maximum Gasteiger partial charge on any atom is 0.207 e. The van der Waals surface area contributed by atoms with E-state index in [0.717, 1.165) is 6.41 Å². The minimum Gasteiger partial charge on any atom is -0.351 e. The van der Waals surface area contributed by atoms with E-state index in [1.807, 2.05) is 19.1 Å². The number of hydrogen-bond acceptors (Lipinski definition) is 2. The van der Waals surface area contributed by atoms with Crippen LogP contribution in [0.1, 0.15) is 17.8 Å². The van der Waals surface area contributed by atoms with Crippen LogP contribution in [0.2, 0.25) is 0 Å². The molecule has 0 bridgehead atoms. The monoisotopic (exact) mass is 205 g/mol. The first kappa shape index (κ1) is 9.21. The van der Waals surface area contributed by atoms with Gasteiger partial charge < -0.3 is 5.32 Å². The molecule has 0 radical (unpaired) electrons. The van der Waals surface area contributed by atoms with E-state index < -0.39 is 0 Å². The number of hydrogen-bond donors (Lipinski definition) is 1. The normalized spacial score (nSPS) is 12.6. The SMILES string of the molecule is CC(NC=O)c1cc2ccccc2s1. The minimum absolute atomic E-state index is 0.102. The molecular weight excluding hydrogens is 194 g/mol. The van der Waals surface area contributed by atoms with Gasteiger partial charge in [0.1, 0.15) is 0 Å². The van der Waals surface area contributed by atoms with Gasteiger partial charge in [-0.15, -0.1) is 11.3 Å². The van der Waals surface area contributed by atoms with E-state index in [9.17, 15) is 4.79 Å². The van der Waals surface area contributed by atoms with Crippen LogP contribution in [0.3, 0.4) is 0 Å². The highest BCUT2D eigenvalue weighted by Gasteiger charge is 2.07. The van der Waals surface area contributed by atoms with Crippen molar-refractivity contribution in [2.24, 2.45) is 0 Å². The summed E-state index contributed by atoms with van der Waals surface area (Å²) in [6, 6.07) is 10.5. The van der Waals surface area contributed by atoms with Crippen molar-refractivity contribution in [1.82, 2.24) is 5.32 Å². The van der Waals surface area contributed by atoms with Crippen molar-refractivity contribution in [3.05, 3.63) is 35.2 Å². The number of fused-ring (bicyclic) bond motifs is 1. The first-order valence-corrected chi connectivity index (χ1v) is 5.31. The Balaban J connectivity index is 2.39. The second-order valence-corrected chi connectivity index (χ2v) is 4.31. The molecule has 0 fully saturated rings. The van der Waals surface area contributed by atoms with Gasteiger partial charge in [0, 0.05) is 9.58 Å². The first-order chi connectivity index (χ1) is 6.81. The van der Waals surface area contributed by atoms with E-state index in [4.69, 9.17) is 0 Å². The topological polar surface area (TPSA) is 29.1 Å². The van der Waals surface area contributed by atoms with Crippen molar-refractivity contribution < 1.29 is 4.79 Å². The quantitative estimate of drug-likeness (QED) is 0.767. The van der Waals surface area contributed by atoms with Gasteiger partial charge in [-0.3, -0.25) is 4.79 Å². The van der Waals surface area contributed by atoms with Crippen LogP contribution in [-0.2, 0) is 4.79 Å². The molecule has 1 heterocycles. The van der Waals surface area contributed by atoms with E-state index in [-0.39, 0.29) is 6.04 Å². The van der Waals surface area contributed by atoms with Gasteiger partial charge in [-0.2, -0.15) is 0 Å². The van der Waals surface area contributed by atoms with Crippen LogP contribution < -0.4 is 5.32 Å². The molecule has 72 valence electrons. The molecule has 2 aromatic rings. The van der Waals surface area contributed by atoms with Crippen molar-refractivity contribution in [1.29, 1.82) is 0 Å². The molecule has 0 aliphatic rings. The Bertz CT molecular complexity index is 416. The van der Waals surface area contributed by atoms with Gasteiger partial charge in [-0.25, -0.2) is 0 Å². The second-order valence-electron chi connectivity index (χ2n) is 3.19. The van der Waals surface area contributed by atoms with Crippen LogP contribution in [0.4, 0.5) is 0 Å². The summed E-state index contributed by atoms with van der Waals surface area (Å²) in [5.74, 6) is 0. The van der Waals surface area contributed by atoms with Gasteiger partial charge in [0.05, 0.1) is 6.04 Å². The lowest BCUT2D eigenvalue weighted by Crippen LogP contribution is -2.14. The van der Waals surface area contributed by atoms with Crippen molar-refractivity contribution in [3.8, 4) is 0 Å². The molecular formula is C11H11NOS. The summed E-state index contributed by atoms with van der Waals surface area (Å²) in [5.41, 5.74) is 0. The molecule has 1 aromatic heterocycles. The number of carbonyl (C=O) groups is 1. The Morgan fingerprint density at radius 1 is 1.43 bits per heavy atom. The molecule has 1 amide bonds. The third kappa shape index (κ3) is 1.63. The summed E-state index contributed by atoms with van der Waals surface area (Å²) in [6.45, 7) is 1.99. The molecule has 2 nitrogen and oxygen atoms in total. The van der Waals surface area contributed by atoms with Crippen molar-refractivity contribution in [2.45, 2.75) is 13.0 Å². The van der Waals surface area contributed by atoms with E-state index >= 15 is 0 Å². The van der Waals surface area contributed by atoms with E-state index in [1.54, 1.807) is 11.3 Å². The molecule has 1 N–H and O–H groups in total. The van der Waals surface area contributed by atoms with Crippen LogP contribution in [0, 0.1) is 0 Å².